The first kappa shape index (κ1) is 20.0. The van der Waals surface area contributed by atoms with E-state index >= 15 is 0 Å². The molecule has 0 spiro atoms. The van der Waals surface area contributed by atoms with Crippen molar-refractivity contribution in [3.63, 3.8) is 0 Å². The number of nitrogens with one attached hydrogen (secondary N) is 1. The van der Waals surface area contributed by atoms with Crippen molar-refractivity contribution < 1.29 is 9.18 Å². The first-order valence-corrected chi connectivity index (χ1v) is 10.0. The molecule has 2 heterocycles. The lowest BCUT2D eigenvalue weighted by Crippen LogP contribution is -2.30. The van der Waals surface area contributed by atoms with Crippen LogP contribution in [-0.4, -0.2) is 15.5 Å². The van der Waals surface area contributed by atoms with Crippen molar-refractivity contribution in [2.45, 2.75) is 13.5 Å². The molecule has 0 aliphatic heterocycles. The van der Waals surface area contributed by atoms with Gasteiger partial charge in [0.25, 0.3) is 11.5 Å². The first-order chi connectivity index (χ1) is 14.4. The molecule has 0 atom stereocenters. The van der Waals surface area contributed by atoms with Gasteiger partial charge in [-0.3, -0.25) is 14.2 Å². The molecule has 30 heavy (non-hydrogen) atoms. The number of amides is 1. The number of hydrogen-bond acceptors (Lipinski definition) is 3. The number of halogens is 2. The highest BCUT2D eigenvalue weighted by atomic mass is 79.9. The van der Waals surface area contributed by atoms with E-state index in [-0.39, 0.29) is 12.1 Å². The number of aromatic nitrogens is 2. The number of carbonyl (C=O) groups is 1. The fourth-order valence-corrected chi connectivity index (χ4v) is 3.48. The summed E-state index contributed by atoms with van der Waals surface area (Å²) >= 11 is 3.42. The standard InChI is InChI=1S/C23H17BrFN3O2/c1-14-11-17(8-9-19(14)24)27-22(29)18-12-15-6-4-10-26-21(15)28(23(18)30)13-16-5-2-3-7-20(16)25/h2-12H,13H2,1H3,(H,27,29). The summed E-state index contributed by atoms with van der Waals surface area (Å²) in [5.41, 5.74) is 1.69. The Morgan fingerprint density at radius 1 is 1.13 bits per heavy atom. The summed E-state index contributed by atoms with van der Waals surface area (Å²) in [7, 11) is 0. The molecule has 0 saturated heterocycles. The predicted molar refractivity (Wildman–Crippen MR) is 118 cm³/mol. The zero-order valence-corrected chi connectivity index (χ0v) is 17.6. The van der Waals surface area contributed by atoms with Gasteiger partial charge < -0.3 is 5.32 Å². The van der Waals surface area contributed by atoms with Gasteiger partial charge >= 0.3 is 0 Å². The summed E-state index contributed by atoms with van der Waals surface area (Å²) in [5, 5.41) is 3.38. The van der Waals surface area contributed by atoms with E-state index in [9.17, 15) is 14.0 Å². The van der Waals surface area contributed by atoms with Gasteiger partial charge in [0.1, 0.15) is 17.0 Å². The van der Waals surface area contributed by atoms with E-state index in [1.807, 2.05) is 19.1 Å². The second-order valence-electron chi connectivity index (χ2n) is 6.88. The second-order valence-corrected chi connectivity index (χ2v) is 7.73. The predicted octanol–water partition coefficient (Wildman–Crippen LogP) is 4.91. The van der Waals surface area contributed by atoms with Crippen LogP contribution in [0.5, 0.6) is 0 Å². The topological polar surface area (TPSA) is 64.0 Å². The van der Waals surface area contributed by atoms with Crippen molar-refractivity contribution in [2.75, 3.05) is 5.32 Å². The molecule has 4 aromatic rings. The molecule has 0 radical (unpaired) electrons. The molecule has 2 aromatic carbocycles. The quantitative estimate of drug-likeness (QED) is 0.465. The van der Waals surface area contributed by atoms with Gasteiger partial charge in [-0.2, -0.15) is 0 Å². The minimum absolute atomic E-state index is 0.0302. The van der Waals surface area contributed by atoms with Crippen molar-refractivity contribution in [1.29, 1.82) is 0 Å². The molecule has 7 heteroatoms. The molecule has 0 unspecified atom stereocenters. The van der Waals surface area contributed by atoms with Crippen LogP contribution >= 0.6 is 15.9 Å². The molecule has 0 aliphatic rings. The number of aryl methyl sites for hydroxylation is 1. The fourth-order valence-electron chi connectivity index (χ4n) is 3.23. The lowest BCUT2D eigenvalue weighted by atomic mass is 10.1. The number of pyridine rings is 2. The highest BCUT2D eigenvalue weighted by Gasteiger charge is 2.18. The van der Waals surface area contributed by atoms with Crippen LogP contribution in [0.3, 0.4) is 0 Å². The molecule has 0 fully saturated rings. The number of nitrogens with zero attached hydrogens (tertiary/aromatic N) is 2. The van der Waals surface area contributed by atoms with Gasteiger partial charge in [0.05, 0.1) is 6.54 Å². The molecule has 1 N–H and O–H groups in total. The molecule has 150 valence electrons. The summed E-state index contributed by atoms with van der Waals surface area (Å²) in [4.78, 5) is 30.4. The Bertz CT molecular complexity index is 1330. The van der Waals surface area contributed by atoms with Gasteiger partial charge in [-0.25, -0.2) is 9.37 Å². The second kappa shape index (κ2) is 8.20. The van der Waals surface area contributed by atoms with E-state index in [1.165, 1.54) is 16.7 Å². The smallest absolute Gasteiger partial charge is 0.265 e. The Kier molecular flexibility index (Phi) is 5.46. The van der Waals surface area contributed by atoms with Gasteiger partial charge in [-0.15, -0.1) is 0 Å². The minimum atomic E-state index is -0.533. The lowest BCUT2D eigenvalue weighted by molar-refractivity contribution is 0.102. The van der Waals surface area contributed by atoms with Crippen molar-refractivity contribution >= 4 is 38.6 Å². The van der Waals surface area contributed by atoms with Crippen LogP contribution in [0.4, 0.5) is 10.1 Å². The van der Waals surface area contributed by atoms with Crippen LogP contribution in [0.2, 0.25) is 0 Å². The number of hydrogen-bond donors (Lipinski definition) is 1. The third-order valence-corrected chi connectivity index (χ3v) is 5.68. The summed E-state index contributed by atoms with van der Waals surface area (Å²) in [6.45, 7) is 1.88. The highest BCUT2D eigenvalue weighted by Crippen LogP contribution is 2.21. The average Bonchev–Trinajstić information content (AvgIpc) is 2.74. The number of fused-ring (bicyclic) bond motifs is 1. The molecule has 0 bridgehead atoms. The van der Waals surface area contributed by atoms with Gasteiger partial charge in [0, 0.05) is 27.3 Å². The van der Waals surface area contributed by atoms with Crippen LogP contribution in [0.25, 0.3) is 11.0 Å². The zero-order valence-electron chi connectivity index (χ0n) is 16.0. The van der Waals surface area contributed by atoms with Gasteiger partial charge in [0.2, 0.25) is 0 Å². The largest absolute Gasteiger partial charge is 0.322 e. The summed E-state index contributed by atoms with van der Waals surface area (Å²) in [6, 6.07) is 16.6. The number of carbonyl (C=O) groups excluding carboxylic acids is 1. The number of benzene rings is 2. The van der Waals surface area contributed by atoms with Gasteiger partial charge in [-0.1, -0.05) is 34.1 Å². The molecule has 5 nitrogen and oxygen atoms in total. The maximum atomic E-state index is 14.2. The van der Waals surface area contributed by atoms with E-state index in [1.54, 1.807) is 42.6 Å². The number of anilines is 1. The van der Waals surface area contributed by atoms with Gasteiger partial charge in [-0.05, 0) is 55.0 Å². The van der Waals surface area contributed by atoms with E-state index in [4.69, 9.17) is 0 Å². The molecule has 0 aliphatic carbocycles. The Morgan fingerprint density at radius 3 is 2.70 bits per heavy atom. The Morgan fingerprint density at radius 2 is 1.93 bits per heavy atom. The monoisotopic (exact) mass is 465 g/mol. The summed E-state index contributed by atoms with van der Waals surface area (Å²) in [5.74, 6) is -0.955. The lowest BCUT2D eigenvalue weighted by Gasteiger charge is -2.13. The molecular weight excluding hydrogens is 449 g/mol. The molecule has 4 rings (SSSR count). The van der Waals surface area contributed by atoms with E-state index in [0.717, 1.165) is 10.0 Å². The van der Waals surface area contributed by atoms with Crippen molar-refractivity contribution in [3.05, 3.63) is 104 Å². The summed E-state index contributed by atoms with van der Waals surface area (Å²) in [6.07, 6.45) is 1.56. The average molecular weight is 466 g/mol. The third kappa shape index (κ3) is 3.89. The maximum absolute atomic E-state index is 14.2. The van der Waals surface area contributed by atoms with E-state index < -0.39 is 17.3 Å². The fraction of sp³-hybridized carbons (Fsp3) is 0.0870. The van der Waals surface area contributed by atoms with Crippen molar-refractivity contribution in [1.82, 2.24) is 9.55 Å². The molecular formula is C23H17BrFN3O2. The van der Waals surface area contributed by atoms with E-state index in [2.05, 4.69) is 26.2 Å². The Balaban J connectivity index is 1.79. The normalized spacial score (nSPS) is 10.9. The summed E-state index contributed by atoms with van der Waals surface area (Å²) < 4.78 is 16.5. The minimum Gasteiger partial charge on any atom is -0.322 e. The Hall–Kier alpha value is -3.32. The SMILES string of the molecule is Cc1cc(NC(=O)c2cc3cccnc3n(Cc3ccccc3F)c2=O)ccc1Br. The van der Waals surface area contributed by atoms with Crippen molar-refractivity contribution in [3.8, 4) is 0 Å². The molecule has 0 saturated carbocycles. The van der Waals surface area contributed by atoms with Crippen LogP contribution < -0.4 is 10.9 Å². The number of rotatable bonds is 4. The van der Waals surface area contributed by atoms with Crippen LogP contribution in [0.1, 0.15) is 21.5 Å². The zero-order chi connectivity index (χ0) is 21.3. The molecule has 1 amide bonds. The first-order valence-electron chi connectivity index (χ1n) is 9.23. The van der Waals surface area contributed by atoms with Gasteiger partial charge in [0.15, 0.2) is 0 Å². The van der Waals surface area contributed by atoms with Crippen LogP contribution in [0, 0.1) is 12.7 Å². The van der Waals surface area contributed by atoms with Crippen LogP contribution in [-0.2, 0) is 6.54 Å². The third-order valence-electron chi connectivity index (χ3n) is 4.79. The molecule has 2 aromatic heterocycles. The van der Waals surface area contributed by atoms with Crippen LogP contribution in [0.15, 0.2) is 76.1 Å². The Labute approximate surface area is 180 Å². The van der Waals surface area contributed by atoms with E-state index in [0.29, 0.717) is 22.3 Å². The maximum Gasteiger partial charge on any atom is 0.265 e. The van der Waals surface area contributed by atoms with Crippen molar-refractivity contribution in [2.24, 2.45) is 0 Å². The highest BCUT2D eigenvalue weighted by molar-refractivity contribution is 9.10.